The zero-order chi connectivity index (χ0) is 17.2. The van der Waals surface area contributed by atoms with Gasteiger partial charge in [-0.3, -0.25) is 4.72 Å². The minimum atomic E-state index is -3.63. The number of nitrogen functional groups attached to an aromatic ring is 2. The predicted octanol–water partition coefficient (Wildman–Crippen LogP) is 3.26. The van der Waals surface area contributed by atoms with Gasteiger partial charge in [0.25, 0.3) is 10.0 Å². The maximum atomic E-state index is 12.3. The van der Waals surface area contributed by atoms with Crippen LogP contribution in [0.4, 0.5) is 16.5 Å². The van der Waals surface area contributed by atoms with Gasteiger partial charge in [0, 0.05) is 21.4 Å². The van der Waals surface area contributed by atoms with Crippen LogP contribution < -0.4 is 16.2 Å². The molecule has 1 heterocycles. The first-order chi connectivity index (χ1) is 11.4. The van der Waals surface area contributed by atoms with Crippen molar-refractivity contribution in [3.8, 4) is 0 Å². The number of rotatable bonds is 5. The van der Waals surface area contributed by atoms with Crippen LogP contribution in [0.2, 0.25) is 0 Å². The summed E-state index contributed by atoms with van der Waals surface area (Å²) in [6.45, 7) is 0. The number of nitrogens with one attached hydrogen (secondary N) is 1. The van der Waals surface area contributed by atoms with E-state index in [0.717, 1.165) is 9.79 Å². The highest BCUT2D eigenvalue weighted by molar-refractivity contribution is 7.99. The van der Waals surface area contributed by atoms with Crippen LogP contribution in [0.3, 0.4) is 0 Å². The fourth-order valence-electron chi connectivity index (χ4n) is 1.89. The second kappa shape index (κ2) is 6.71. The van der Waals surface area contributed by atoms with Gasteiger partial charge in [-0.05, 0) is 42.5 Å². The first-order valence-electron chi connectivity index (χ1n) is 6.79. The number of hydrogen-bond acceptors (Lipinski definition) is 7. The number of nitrogens with two attached hydrogens (primary N) is 2. The summed E-state index contributed by atoms with van der Waals surface area (Å²) in [7, 11) is -3.63. The van der Waals surface area contributed by atoms with Crippen molar-refractivity contribution in [1.82, 2.24) is 4.98 Å². The van der Waals surface area contributed by atoms with Gasteiger partial charge in [-0.15, -0.1) is 11.3 Å². The van der Waals surface area contributed by atoms with Crippen molar-refractivity contribution in [3.05, 3.63) is 54.0 Å². The molecule has 0 radical (unpaired) electrons. The van der Waals surface area contributed by atoms with E-state index in [0.29, 0.717) is 16.5 Å². The van der Waals surface area contributed by atoms with Crippen LogP contribution >= 0.6 is 23.1 Å². The molecule has 1 aromatic heterocycles. The molecule has 0 aliphatic heterocycles. The van der Waals surface area contributed by atoms with Crippen molar-refractivity contribution in [2.75, 3.05) is 16.2 Å². The fourth-order valence-corrected chi connectivity index (χ4v) is 4.54. The zero-order valence-electron chi connectivity index (χ0n) is 12.3. The van der Waals surface area contributed by atoms with E-state index in [1.807, 2.05) is 6.07 Å². The lowest BCUT2D eigenvalue weighted by atomic mass is 10.3. The van der Waals surface area contributed by atoms with Crippen molar-refractivity contribution < 1.29 is 8.42 Å². The highest BCUT2D eigenvalue weighted by atomic mass is 32.2. The van der Waals surface area contributed by atoms with Crippen LogP contribution in [0.1, 0.15) is 0 Å². The van der Waals surface area contributed by atoms with Gasteiger partial charge in [0.1, 0.15) is 0 Å². The number of anilines is 3. The predicted molar refractivity (Wildman–Crippen MR) is 98.8 cm³/mol. The molecule has 0 spiro atoms. The lowest BCUT2D eigenvalue weighted by molar-refractivity contribution is 0.601. The lowest BCUT2D eigenvalue weighted by Crippen LogP contribution is -2.12. The molecule has 5 N–H and O–H groups in total. The van der Waals surface area contributed by atoms with Crippen molar-refractivity contribution >= 4 is 49.6 Å². The fraction of sp³-hybridized carbons (Fsp3) is 0. The quantitative estimate of drug-likeness (QED) is 0.588. The van der Waals surface area contributed by atoms with E-state index in [9.17, 15) is 8.42 Å². The number of sulfonamides is 1. The molecule has 9 heteroatoms. The first kappa shape index (κ1) is 16.6. The lowest BCUT2D eigenvalue weighted by Gasteiger charge is -2.07. The SMILES string of the molecule is Nc1ccc(Sc2ccc(S(=O)(=O)Nc3nccs3)cc2)cc1N. The smallest absolute Gasteiger partial charge is 0.263 e. The van der Waals surface area contributed by atoms with Gasteiger partial charge in [-0.25, -0.2) is 13.4 Å². The Labute approximate surface area is 148 Å². The number of benzene rings is 2. The summed E-state index contributed by atoms with van der Waals surface area (Å²) in [5.74, 6) is 0. The van der Waals surface area contributed by atoms with E-state index in [2.05, 4.69) is 9.71 Å². The minimum absolute atomic E-state index is 0.180. The Kier molecular flexibility index (Phi) is 4.65. The Morgan fingerprint density at radius 3 is 2.33 bits per heavy atom. The van der Waals surface area contributed by atoms with Crippen molar-refractivity contribution in [2.45, 2.75) is 14.7 Å². The number of aromatic nitrogens is 1. The zero-order valence-corrected chi connectivity index (χ0v) is 14.8. The van der Waals surface area contributed by atoms with Gasteiger partial charge in [-0.2, -0.15) is 0 Å². The second-order valence-corrected chi connectivity index (χ2v) is 8.53. The van der Waals surface area contributed by atoms with Crippen molar-refractivity contribution in [1.29, 1.82) is 0 Å². The van der Waals surface area contributed by atoms with Gasteiger partial charge >= 0.3 is 0 Å². The molecule has 0 aliphatic carbocycles. The van der Waals surface area contributed by atoms with E-state index >= 15 is 0 Å². The Bertz CT molecular complexity index is 939. The molecule has 2 aromatic carbocycles. The van der Waals surface area contributed by atoms with E-state index < -0.39 is 10.0 Å². The van der Waals surface area contributed by atoms with Gasteiger partial charge < -0.3 is 11.5 Å². The third kappa shape index (κ3) is 3.81. The highest BCUT2D eigenvalue weighted by Crippen LogP contribution is 2.31. The molecule has 6 nitrogen and oxygen atoms in total. The average Bonchev–Trinajstić information content (AvgIpc) is 3.04. The molecule has 3 rings (SSSR count). The summed E-state index contributed by atoms with van der Waals surface area (Å²) in [5, 5.41) is 2.04. The molecule has 0 fully saturated rings. The van der Waals surface area contributed by atoms with Gasteiger partial charge in [0.05, 0.1) is 16.3 Å². The van der Waals surface area contributed by atoms with Crippen LogP contribution in [0.15, 0.2) is 68.7 Å². The molecule has 0 bridgehead atoms. The van der Waals surface area contributed by atoms with Crippen LogP contribution in [-0.2, 0) is 10.0 Å². The molecule has 0 saturated carbocycles. The molecule has 0 atom stereocenters. The molecule has 0 unspecified atom stereocenters. The van der Waals surface area contributed by atoms with Crippen LogP contribution in [-0.4, -0.2) is 13.4 Å². The third-order valence-corrected chi connectivity index (χ3v) is 6.25. The number of hydrogen-bond donors (Lipinski definition) is 3. The van der Waals surface area contributed by atoms with Crippen molar-refractivity contribution in [2.24, 2.45) is 0 Å². The average molecular weight is 379 g/mol. The Morgan fingerprint density at radius 2 is 1.71 bits per heavy atom. The van der Waals surface area contributed by atoms with Crippen LogP contribution in [0, 0.1) is 0 Å². The largest absolute Gasteiger partial charge is 0.397 e. The maximum absolute atomic E-state index is 12.3. The van der Waals surface area contributed by atoms with E-state index in [1.54, 1.807) is 48.0 Å². The molecular weight excluding hydrogens is 364 g/mol. The highest BCUT2D eigenvalue weighted by Gasteiger charge is 2.15. The molecule has 0 saturated heterocycles. The van der Waals surface area contributed by atoms with Crippen LogP contribution in [0.25, 0.3) is 0 Å². The number of nitrogens with zero attached hydrogens (tertiary/aromatic N) is 1. The maximum Gasteiger partial charge on any atom is 0.263 e. The summed E-state index contributed by atoms with van der Waals surface area (Å²) in [5.41, 5.74) is 12.5. The minimum Gasteiger partial charge on any atom is -0.397 e. The van der Waals surface area contributed by atoms with Gasteiger partial charge in [0.2, 0.25) is 0 Å². The molecule has 24 heavy (non-hydrogen) atoms. The molecule has 3 aromatic rings. The Hall–Kier alpha value is -2.23. The summed E-state index contributed by atoms with van der Waals surface area (Å²) in [6, 6.07) is 12.0. The van der Waals surface area contributed by atoms with Gasteiger partial charge in [-0.1, -0.05) is 11.8 Å². The molecular formula is C15H14N4O2S3. The van der Waals surface area contributed by atoms with E-state index in [4.69, 9.17) is 11.5 Å². The summed E-state index contributed by atoms with van der Waals surface area (Å²) >= 11 is 2.70. The molecule has 124 valence electrons. The van der Waals surface area contributed by atoms with Crippen molar-refractivity contribution in [3.63, 3.8) is 0 Å². The molecule has 0 aliphatic rings. The summed E-state index contributed by atoms with van der Waals surface area (Å²) < 4.78 is 27.0. The first-order valence-corrected chi connectivity index (χ1v) is 9.97. The summed E-state index contributed by atoms with van der Waals surface area (Å²) in [6.07, 6.45) is 1.54. The number of thiazole rings is 1. The van der Waals surface area contributed by atoms with E-state index in [1.165, 1.54) is 23.1 Å². The monoisotopic (exact) mass is 378 g/mol. The molecule has 0 amide bonds. The topological polar surface area (TPSA) is 111 Å². The third-order valence-electron chi connectivity index (χ3n) is 3.08. The Morgan fingerprint density at radius 1 is 1.00 bits per heavy atom. The summed E-state index contributed by atoms with van der Waals surface area (Å²) in [4.78, 5) is 5.92. The van der Waals surface area contributed by atoms with E-state index in [-0.39, 0.29) is 4.90 Å². The normalized spacial score (nSPS) is 11.3. The standard InChI is InChI=1S/C15H14N4O2S3/c16-13-6-3-11(9-14(13)17)23-10-1-4-12(5-2-10)24(20,21)19-15-18-7-8-22-15/h1-9H,16-17H2,(H,18,19). The Balaban J connectivity index is 1.76. The second-order valence-electron chi connectivity index (χ2n) is 4.81. The van der Waals surface area contributed by atoms with Gasteiger partial charge in [0.15, 0.2) is 5.13 Å². The van der Waals surface area contributed by atoms with Crippen LogP contribution in [0.5, 0.6) is 0 Å².